The van der Waals surface area contributed by atoms with Crippen LogP contribution in [0.5, 0.6) is 0 Å². The second-order valence-corrected chi connectivity index (χ2v) is 7.21. The molecule has 17 heavy (non-hydrogen) atoms. The number of carboxylic acid groups (broad SMARTS) is 1. The Balaban J connectivity index is 2.09. The molecule has 0 amide bonds. The van der Waals surface area contributed by atoms with Crippen molar-refractivity contribution in [3.63, 3.8) is 0 Å². The van der Waals surface area contributed by atoms with Crippen LogP contribution < -0.4 is 0 Å². The monoisotopic (exact) mass is 262 g/mol. The van der Waals surface area contributed by atoms with Crippen molar-refractivity contribution >= 4 is 15.8 Å². The number of aliphatic carboxylic acids is 1. The minimum atomic E-state index is -3.01. The summed E-state index contributed by atoms with van der Waals surface area (Å²) in [7, 11) is -3.01. The highest BCUT2D eigenvalue weighted by molar-refractivity contribution is 7.91. The highest BCUT2D eigenvalue weighted by Gasteiger charge is 2.41. The third-order valence-electron chi connectivity index (χ3n) is 3.83. The molecule has 0 spiro atoms. The molecular weight excluding hydrogens is 244 g/mol. The Hall–Kier alpha value is -0.620. The van der Waals surface area contributed by atoms with Crippen molar-refractivity contribution in [2.24, 2.45) is 17.8 Å². The van der Waals surface area contributed by atoms with Crippen LogP contribution in [0.25, 0.3) is 0 Å². The SMILES string of the molecule is O=C(O)C(C1CCOCC1)C1CCS(=O)(=O)C1. The van der Waals surface area contributed by atoms with E-state index in [-0.39, 0.29) is 23.3 Å². The highest BCUT2D eigenvalue weighted by atomic mass is 32.2. The first-order chi connectivity index (χ1) is 7.99. The van der Waals surface area contributed by atoms with E-state index in [1.165, 1.54) is 0 Å². The Morgan fingerprint density at radius 2 is 1.82 bits per heavy atom. The van der Waals surface area contributed by atoms with Gasteiger partial charge in [0.05, 0.1) is 17.4 Å². The van der Waals surface area contributed by atoms with E-state index in [9.17, 15) is 18.3 Å². The molecule has 2 fully saturated rings. The quantitative estimate of drug-likeness (QED) is 0.803. The van der Waals surface area contributed by atoms with Crippen molar-refractivity contribution in [2.75, 3.05) is 24.7 Å². The molecule has 2 aliphatic rings. The van der Waals surface area contributed by atoms with E-state index in [4.69, 9.17) is 4.74 Å². The maximum absolute atomic E-state index is 11.4. The molecule has 0 bridgehead atoms. The van der Waals surface area contributed by atoms with Gasteiger partial charge in [0.15, 0.2) is 9.84 Å². The molecule has 2 rings (SSSR count). The summed E-state index contributed by atoms with van der Waals surface area (Å²) in [6.07, 6.45) is 1.96. The van der Waals surface area contributed by atoms with Crippen LogP contribution in [0.3, 0.4) is 0 Å². The molecule has 0 aromatic carbocycles. The maximum Gasteiger partial charge on any atom is 0.307 e. The van der Waals surface area contributed by atoms with Crippen LogP contribution in [0.4, 0.5) is 0 Å². The van der Waals surface area contributed by atoms with Crippen molar-refractivity contribution in [1.29, 1.82) is 0 Å². The Kier molecular flexibility index (Phi) is 3.73. The molecule has 0 aromatic rings. The number of hydrogen-bond donors (Lipinski definition) is 1. The van der Waals surface area contributed by atoms with Crippen LogP contribution >= 0.6 is 0 Å². The van der Waals surface area contributed by atoms with Crippen LogP contribution in [0.2, 0.25) is 0 Å². The van der Waals surface area contributed by atoms with E-state index < -0.39 is 21.7 Å². The van der Waals surface area contributed by atoms with Crippen LogP contribution in [0.1, 0.15) is 19.3 Å². The number of hydrogen-bond acceptors (Lipinski definition) is 4. The van der Waals surface area contributed by atoms with Gasteiger partial charge in [0, 0.05) is 13.2 Å². The van der Waals surface area contributed by atoms with Gasteiger partial charge in [-0.15, -0.1) is 0 Å². The summed E-state index contributed by atoms with van der Waals surface area (Å²) in [5.74, 6) is -1.32. The minimum absolute atomic E-state index is 0.0430. The number of rotatable bonds is 3. The lowest BCUT2D eigenvalue weighted by molar-refractivity contribution is -0.147. The Morgan fingerprint density at radius 1 is 1.18 bits per heavy atom. The zero-order valence-electron chi connectivity index (χ0n) is 9.67. The predicted molar refractivity (Wildman–Crippen MR) is 61.4 cm³/mol. The maximum atomic E-state index is 11.4. The van der Waals surface area contributed by atoms with E-state index in [0.717, 1.165) is 12.8 Å². The molecule has 6 heteroatoms. The molecule has 0 radical (unpaired) electrons. The summed E-state index contributed by atoms with van der Waals surface area (Å²) in [6, 6.07) is 0. The average Bonchev–Trinajstić information content (AvgIpc) is 2.60. The van der Waals surface area contributed by atoms with Gasteiger partial charge in [-0.3, -0.25) is 4.79 Å². The van der Waals surface area contributed by atoms with Crippen molar-refractivity contribution < 1.29 is 23.1 Å². The first-order valence-corrected chi connectivity index (χ1v) is 7.83. The normalized spacial score (nSPS) is 31.2. The molecule has 0 saturated carbocycles. The van der Waals surface area contributed by atoms with Crippen molar-refractivity contribution in [2.45, 2.75) is 19.3 Å². The van der Waals surface area contributed by atoms with Gasteiger partial charge in [-0.1, -0.05) is 0 Å². The fourth-order valence-electron chi connectivity index (χ4n) is 2.97. The summed E-state index contributed by atoms with van der Waals surface area (Å²) in [5.41, 5.74) is 0. The van der Waals surface area contributed by atoms with E-state index >= 15 is 0 Å². The third kappa shape index (κ3) is 2.98. The lowest BCUT2D eigenvalue weighted by atomic mass is 9.77. The Morgan fingerprint density at radius 3 is 2.29 bits per heavy atom. The Labute approximate surface area is 101 Å². The first kappa shape index (κ1) is 12.8. The second kappa shape index (κ2) is 4.94. The number of carboxylic acids is 1. The molecule has 2 heterocycles. The zero-order valence-corrected chi connectivity index (χ0v) is 10.5. The fraction of sp³-hybridized carbons (Fsp3) is 0.909. The van der Waals surface area contributed by atoms with E-state index in [2.05, 4.69) is 0 Å². The molecule has 0 aromatic heterocycles. The van der Waals surface area contributed by atoms with Gasteiger partial charge in [0.2, 0.25) is 0 Å². The molecule has 2 aliphatic heterocycles. The molecule has 2 unspecified atom stereocenters. The standard InChI is InChI=1S/C11H18O5S/c12-11(13)10(8-1-4-16-5-2-8)9-3-6-17(14,15)7-9/h8-10H,1-7H2,(H,12,13). The van der Waals surface area contributed by atoms with Crippen molar-refractivity contribution in [3.05, 3.63) is 0 Å². The lowest BCUT2D eigenvalue weighted by Gasteiger charge is -2.30. The summed E-state index contributed by atoms with van der Waals surface area (Å²) < 4.78 is 28.1. The van der Waals surface area contributed by atoms with Crippen LogP contribution in [-0.4, -0.2) is 44.2 Å². The van der Waals surface area contributed by atoms with Crippen molar-refractivity contribution in [1.82, 2.24) is 0 Å². The van der Waals surface area contributed by atoms with Gasteiger partial charge in [0.25, 0.3) is 0 Å². The van der Waals surface area contributed by atoms with Crippen LogP contribution in [0, 0.1) is 17.8 Å². The molecular formula is C11H18O5S. The van der Waals surface area contributed by atoms with Crippen LogP contribution in [-0.2, 0) is 19.4 Å². The van der Waals surface area contributed by atoms with Gasteiger partial charge in [-0.05, 0) is 31.1 Å². The van der Waals surface area contributed by atoms with Gasteiger partial charge in [-0.25, -0.2) is 8.42 Å². The minimum Gasteiger partial charge on any atom is -0.481 e. The smallest absolute Gasteiger partial charge is 0.307 e. The van der Waals surface area contributed by atoms with Gasteiger partial charge in [-0.2, -0.15) is 0 Å². The first-order valence-electron chi connectivity index (χ1n) is 6.00. The summed E-state index contributed by atoms with van der Waals surface area (Å²) in [6.45, 7) is 1.18. The Bertz CT molecular complexity index is 383. The van der Waals surface area contributed by atoms with E-state index in [0.29, 0.717) is 19.6 Å². The number of sulfone groups is 1. The summed E-state index contributed by atoms with van der Waals surface area (Å²) in [5, 5.41) is 9.32. The lowest BCUT2D eigenvalue weighted by Crippen LogP contribution is -2.35. The van der Waals surface area contributed by atoms with Crippen molar-refractivity contribution in [3.8, 4) is 0 Å². The van der Waals surface area contributed by atoms with Crippen LogP contribution in [0.15, 0.2) is 0 Å². The molecule has 5 nitrogen and oxygen atoms in total. The third-order valence-corrected chi connectivity index (χ3v) is 5.63. The fourth-order valence-corrected chi connectivity index (χ4v) is 4.82. The molecule has 2 atom stereocenters. The molecule has 98 valence electrons. The van der Waals surface area contributed by atoms with E-state index in [1.807, 2.05) is 0 Å². The van der Waals surface area contributed by atoms with Gasteiger partial charge in [0.1, 0.15) is 0 Å². The summed E-state index contributed by atoms with van der Waals surface area (Å²) >= 11 is 0. The van der Waals surface area contributed by atoms with E-state index in [1.54, 1.807) is 0 Å². The molecule has 2 saturated heterocycles. The largest absolute Gasteiger partial charge is 0.481 e. The highest BCUT2D eigenvalue weighted by Crippen LogP contribution is 2.35. The number of carbonyl (C=O) groups is 1. The average molecular weight is 262 g/mol. The van der Waals surface area contributed by atoms with Gasteiger partial charge >= 0.3 is 5.97 Å². The predicted octanol–water partition coefficient (Wildman–Crippen LogP) is 0.549. The topological polar surface area (TPSA) is 80.7 Å². The number of ether oxygens (including phenoxy) is 1. The summed E-state index contributed by atoms with van der Waals surface area (Å²) in [4.78, 5) is 11.4. The zero-order chi connectivity index (χ0) is 12.5. The molecule has 0 aliphatic carbocycles. The molecule has 1 N–H and O–H groups in total. The second-order valence-electron chi connectivity index (χ2n) is 4.98. The van der Waals surface area contributed by atoms with Gasteiger partial charge < -0.3 is 9.84 Å².